The molecule has 3 aliphatic rings. The van der Waals surface area contributed by atoms with Gasteiger partial charge in [0, 0.05) is 25.6 Å². The van der Waals surface area contributed by atoms with E-state index in [2.05, 4.69) is 11.4 Å². The van der Waals surface area contributed by atoms with Crippen molar-refractivity contribution < 1.29 is 42.0 Å². The van der Waals surface area contributed by atoms with Crippen molar-refractivity contribution in [3.63, 3.8) is 0 Å². The maximum Gasteiger partial charge on any atom is 0.407 e. The number of nitrogens with one attached hydrogen (secondary N) is 1. The summed E-state index contributed by atoms with van der Waals surface area (Å²) in [6.45, 7) is 4.19. The molecule has 3 aliphatic heterocycles. The van der Waals surface area contributed by atoms with Crippen molar-refractivity contribution in [3.05, 3.63) is 54.1 Å². The average Bonchev–Trinajstić information content (AvgIpc) is 3.74. The van der Waals surface area contributed by atoms with Crippen LogP contribution in [-0.2, 0) is 30.7 Å². The van der Waals surface area contributed by atoms with E-state index >= 15 is 0 Å². The highest BCUT2D eigenvalue weighted by Gasteiger charge is 2.44. The third-order valence-corrected chi connectivity index (χ3v) is 10.0. The lowest BCUT2D eigenvalue weighted by Crippen LogP contribution is -2.52. The second-order valence-electron chi connectivity index (χ2n) is 12.1. The molecule has 5 atom stereocenters. The Morgan fingerprint density at radius 2 is 1.95 bits per heavy atom. The number of ether oxygens (including phenoxy) is 5. The van der Waals surface area contributed by atoms with Crippen LogP contribution in [0.5, 0.6) is 11.5 Å². The van der Waals surface area contributed by atoms with Gasteiger partial charge in [-0.2, -0.15) is 9.57 Å². The Morgan fingerprint density at radius 1 is 1.18 bits per heavy atom. The molecule has 5 rings (SSSR count). The Bertz CT molecular complexity index is 1450. The second-order valence-corrected chi connectivity index (χ2v) is 14.0. The normalized spacial score (nSPS) is 22.3. The lowest BCUT2D eigenvalue weighted by molar-refractivity contribution is -0.0907. The Labute approximate surface area is 257 Å². The molecule has 2 aromatic rings. The molecule has 2 fully saturated rings. The number of aliphatic hydroxyl groups is 1. The van der Waals surface area contributed by atoms with Crippen LogP contribution in [-0.4, -0.2) is 81.6 Å². The molecular weight excluding hydrogens is 590 g/mol. The summed E-state index contributed by atoms with van der Waals surface area (Å²) in [6, 6.07) is 14.9. The minimum atomic E-state index is -4.16. The number of hydrogen-bond donors (Lipinski definition) is 2. The first-order valence-electron chi connectivity index (χ1n) is 14.7. The molecular formula is C31H39N3O9S. The second kappa shape index (κ2) is 13.7. The van der Waals surface area contributed by atoms with Gasteiger partial charge in [0.15, 0.2) is 17.8 Å². The number of fused-ring (bicyclic) bond motifs is 2. The molecule has 2 aromatic carbocycles. The third kappa shape index (κ3) is 7.62. The fourth-order valence-electron chi connectivity index (χ4n) is 5.74. The molecule has 2 saturated heterocycles. The highest BCUT2D eigenvalue weighted by molar-refractivity contribution is 7.89. The highest BCUT2D eigenvalue weighted by atomic mass is 32.2. The number of nitrogens with zero attached hydrogens (tertiary/aromatic N) is 2. The molecule has 0 aliphatic carbocycles. The number of amides is 1. The van der Waals surface area contributed by atoms with Crippen molar-refractivity contribution in [2.24, 2.45) is 11.3 Å². The molecule has 0 bridgehead atoms. The first kappa shape index (κ1) is 32.0. The number of benzene rings is 2. The van der Waals surface area contributed by atoms with Crippen LogP contribution in [0.3, 0.4) is 0 Å². The molecule has 0 saturated carbocycles. The quantitative estimate of drug-likeness (QED) is 0.337. The van der Waals surface area contributed by atoms with Crippen LogP contribution in [0.15, 0.2) is 53.4 Å². The number of rotatable bonds is 13. The number of aliphatic hydroxyl groups excluding tert-OH is 1. The maximum atomic E-state index is 14.1. The van der Waals surface area contributed by atoms with Gasteiger partial charge >= 0.3 is 6.09 Å². The first-order chi connectivity index (χ1) is 21.1. The monoisotopic (exact) mass is 629 g/mol. The van der Waals surface area contributed by atoms with Gasteiger partial charge in [-0.05, 0) is 42.4 Å². The first-order valence-corrected chi connectivity index (χ1v) is 16.2. The molecule has 13 heteroatoms. The summed E-state index contributed by atoms with van der Waals surface area (Å²) in [6.07, 6.45) is -1.30. The predicted molar refractivity (Wildman–Crippen MR) is 157 cm³/mol. The van der Waals surface area contributed by atoms with Crippen molar-refractivity contribution in [1.82, 2.24) is 9.62 Å². The zero-order valence-electron chi connectivity index (χ0n) is 24.9. The summed E-state index contributed by atoms with van der Waals surface area (Å²) >= 11 is 0. The van der Waals surface area contributed by atoms with Crippen molar-refractivity contribution in [2.45, 2.75) is 69.0 Å². The lowest BCUT2D eigenvalue weighted by atomic mass is 9.88. The minimum Gasteiger partial charge on any atom is -0.454 e. The number of hydrogen-bond acceptors (Lipinski definition) is 10. The van der Waals surface area contributed by atoms with Crippen LogP contribution in [0.25, 0.3) is 0 Å². The van der Waals surface area contributed by atoms with Crippen LogP contribution < -0.4 is 14.8 Å². The summed E-state index contributed by atoms with van der Waals surface area (Å²) < 4.78 is 56.9. The smallest absolute Gasteiger partial charge is 0.407 e. The van der Waals surface area contributed by atoms with E-state index < -0.39 is 46.1 Å². The molecule has 0 radical (unpaired) electrons. The number of alkyl carbamates (subject to hydrolysis) is 1. The predicted octanol–water partition coefficient (Wildman–Crippen LogP) is 3.20. The van der Waals surface area contributed by atoms with Gasteiger partial charge in [-0.25, -0.2) is 13.2 Å². The SMILES string of the molecule is CC(C)(CCC#N)CN(CC(O)C(Cc1ccccc1)NC(=O)O[C@H]1CO[C@H]2OCC[C@H]21)S(=O)(=O)c1ccc2c(c1)OCO2. The fraction of sp³-hybridized carbons (Fsp3) is 0.548. The van der Waals surface area contributed by atoms with Gasteiger partial charge in [-0.15, -0.1) is 0 Å². The van der Waals surface area contributed by atoms with Crippen LogP contribution in [0, 0.1) is 22.7 Å². The van der Waals surface area contributed by atoms with Gasteiger partial charge in [0.1, 0.15) is 6.10 Å². The van der Waals surface area contributed by atoms with Crippen LogP contribution in [0.2, 0.25) is 0 Å². The van der Waals surface area contributed by atoms with Crippen molar-refractivity contribution in [3.8, 4) is 17.6 Å². The highest BCUT2D eigenvalue weighted by Crippen LogP contribution is 2.36. The van der Waals surface area contributed by atoms with Gasteiger partial charge in [0.05, 0.1) is 42.2 Å². The molecule has 1 amide bonds. The Hall–Kier alpha value is -3.41. The van der Waals surface area contributed by atoms with E-state index in [1.54, 1.807) is 0 Å². The number of sulfonamides is 1. The van der Waals surface area contributed by atoms with Gasteiger partial charge in [0.25, 0.3) is 0 Å². The summed E-state index contributed by atoms with van der Waals surface area (Å²) in [4.78, 5) is 13.1. The zero-order valence-corrected chi connectivity index (χ0v) is 25.7. The van der Waals surface area contributed by atoms with Crippen molar-refractivity contribution in [1.29, 1.82) is 5.26 Å². The molecule has 238 valence electrons. The summed E-state index contributed by atoms with van der Waals surface area (Å²) in [5.74, 6) is 0.697. The van der Waals surface area contributed by atoms with E-state index in [9.17, 15) is 23.6 Å². The number of carbonyl (C=O) groups is 1. The Morgan fingerprint density at radius 3 is 2.73 bits per heavy atom. The zero-order chi connectivity index (χ0) is 31.3. The van der Waals surface area contributed by atoms with Crippen molar-refractivity contribution >= 4 is 16.1 Å². The number of carbonyl (C=O) groups excluding carboxylic acids is 1. The summed E-state index contributed by atoms with van der Waals surface area (Å²) in [5, 5.41) is 23.6. The van der Waals surface area contributed by atoms with E-state index in [1.807, 2.05) is 44.2 Å². The molecule has 0 aromatic heterocycles. The lowest BCUT2D eigenvalue weighted by Gasteiger charge is -2.35. The minimum absolute atomic E-state index is 0.00715. The topological polar surface area (TPSA) is 157 Å². The van der Waals surface area contributed by atoms with Crippen LogP contribution >= 0.6 is 0 Å². The third-order valence-electron chi connectivity index (χ3n) is 8.20. The van der Waals surface area contributed by atoms with E-state index in [4.69, 9.17) is 23.7 Å². The molecule has 3 heterocycles. The van der Waals surface area contributed by atoms with E-state index in [1.165, 1.54) is 22.5 Å². The Balaban J connectivity index is 1.38. The van der Waals surface area contributed by atoms with Crippen molar-refractivity contribution in [2.75, 3.05) is 33.1 Å². The van der Waals surface area contributed by atoms with E-state index in [0.29, 0.717) is 30.9 Å². The van der Waals surface area contributed by atoms with Gasteiger partial charge in [0.2, 0.25) is 16.8 Å². The average molecular weight is 630 g/mol. The number of nitriles is 1. The summed E-state index contributed by atoms with van der Waals surface area (Å²) in [5.41, 5.74) is 0.243. The van der Waals surface area contributed by atoms with E-state index in [0.717, 1.165) is 5.56 Å². The molecule has 12 nitrogen and oxygen atoms in total. The standard InChI is InChI=1S/C31H39N3O9S/c1-31(2,12-6-13-32)19-34(44(37,38)22-9-10-26-27(16-22)42-20-41-26)17-25(35)24(15-21-7-4-3-5-8-21)33-30(36)43-28-18-40-29-23(28)11-14-39-29/h3-5,7-10,16,23-25,28-29,35H,6,11-12,14-15,17-20H2,1-2H3,(H,33,36)/t23-,24?,25?,28-,29+/m0/s1. The van der Waals surface area contributed by atoms with E-state index in [-0.39, 0.29) is 50.1 Å². The maximum absolute atomic E-state index is 14.1. The van der Waals surface area contributed by atoms with Gasteiger partial charge in [-0.3, -0.25) is 0 Å². The molecule has 0 spiro atoms. The molecule has 2 N–H and O–H groups in total. The molecule has 2 unspecified atom stereocenters. The fourth-order valence-corrected chi connectivity index (χ4v) is 7.40. The molecule has 44 heavy (non-hydrogen) atoms. The Kier molecular flexibility index (Phi) is 9.97. The van der Waals surface area contributed by atoms with Gasteiger partial charge < -0.3 is 34.1 Å². The van der Waals surface area contributed by atoms with Crippen LogP contribution in [0.4, 0.5) is 4.79 Å². The summed E-state index contributed by atoms with van der Waals surface area (Å²) in [7, 11) is -4.16. The van der Waals surface area contributed by atoms with Crippen LogP contribution in [0.1, 0.15) is 38.7 Å². The largest absolute Gasteiger partial charge is 0.454 e. The van der Waals surface area contributed by atoms with Gasteiger partial charge in [-0.1, -0.05) is 44.2 Å².